The third-order valence-corrected chi connectivity index (χ3v) is 6.94. The van der Waals surface area contributed by atoms with Crippen molar-refractivity contribution in [3.8, 4) is 0 Å². The van der Waals surface area contributed by atoms with Crippen LogP contribution in [0.2, 0.25) is 0 Å². The SMILES string of the molecule is Cc1ccc2c(COC(=O)C3=NN([C@@H]4CCS(=O)(=O)C4)C(=O)CC3)cc(=O)oc2c1. The lowest BCUT2D eigenvalue weighted by molar-refractivity contribution is -0.138. The van der Waals surface area contributed by atoms with Gasteiger partial charge < -0.3 is 9.15 Å². The number of aryl methyl sites for hydroxylation is 1. The standard InChI is InChI=1S/C20H20N2O7S/c1-12-2-3-15-13(9-19(24)29-17(15)8-12)10-28-20(25)16-4-5-18(23)22(21-16)14-6-7-30(26,27)11-14/h2-3,8-9,14H,4-7,10-11H2,1H3/t14-/m1/s1. The molecule has 1 saturated heterocycles. The number of hydrogen-bond donors (Lipinski definition) is 0. The molecule has 0 spiro atoms. The first-order chi connectivity index (χ1) is 14.2. The second kappa shape index (κ2) is 7.67. The summed E-state index contributed by atoms with van der Waals surface area (Å²) >= 11 is 0. The number of benzene rings is 1. The normalized spacial score (nSPS) is 21.0. The number of nitrogens with zero attached hydrogens (tertiary/aromatic N) is 2. The van der Waals surface area contributed by atoms with Crippen molar-refractivity contribution in [1.82, 2.24) is 5.01 Å². The van der Waals surface area contributed by atoms with Gasteiger partial charge in [0.1, 0.15) is 17.9 Å². The zero-order valence-corrected chi connectivity index (χ0v) is 17.1. The fourth-order valence-electron chi connectivity index (χ4n) is 3.66. The molecule has 4 rings (SSSR count). The molecule has 158 valence electrons. The summed E-state index contributed by atoms with van der Waals surface area (Å²) in [6, 6.07) is 6.09. The van der Waals surface area contributed by atoms with E-state index in [1.54, 1.807) is 12.1 Å². The van der Waals surface area contributed by atoms with E-state index in [2.05, 4.69) is 5.10 Å². The molecule has 1 amide bonds. The molecular formula is C20H20N2O7S. The van der Waals surface area contributed by atoms with Crippen molar-refractivity contribution < 1.29 is 27.2 Å². The number of fused-ring (bicyclic) bond motifs is 1. The van der Waals surface area contributed by atoms with Crippen LogP contribution in [0, 0.1) is 6.92 Å². The summed E-state index contributed by atoms with van der Waals surface area (Å²) in [7, 11) is -3.20. The van der Waals surface area contributed by atoms with Gasteiger partial charge in [0.15, 0.2) is 9.84 Å². The maximum absolute atomic E-state index is 12.5. The molecule has 30 heavy (non-hydrogen) atoms. The van der Waals surface area contributed by atoms with Gasteiger partial charge in [-0.15, -0.1) is 0 Å². The number of hydrazone groups is 1. The molecule has 3 heterocycles. The van der Waals surface area contributed by atoms with E-state index in [4.69, 9.17) is 9.15 Å². The molecule has 0 radical (unpaired) electrons. The minimum atomic E-state index is -3.20. The molecule has 1 aromatic carbocycles. The third kappa shape index (κ3) is 4.13. The minimum Gasteiger partial charge on any atom is -0.456 e. The monoisotopic (exact) mass is 432 g/mol. The number of sulfone groups is 1. The largest absolute Gasteiger partial charge is 0.456 e. The number of rotatable bonds is 4. The minimum absolute atomic E-state index is 0.000115. The number of amides is 1. The van der Waals surface area contributed by atoms with Crippen LogP contribution in [-0.2, 0) is 30.8 Å². The lowest BCUT2D eigenvalue weighted by atomic mass is 10.1. The molecule has 1 atom stereocenters. The van der Waals surface area contributed by atoms with E-state index >= 15 is 0 Å². The molecule has 0 bridgehead atoms. The smallest absolute Gasteiger partial charge is 0.354 e. The van der Waals surface area contributed by atoms with E-state index < -0.39 is 27.5 Å². The van der Waals surface area contributed by atoms with E-state index in [-0.39, 0.29) is 42.6 Å². The van der Waals surface area contributed by atoms with Gasteiger partial charge in [0.25, 0.3) is 0 Å². The van der Waals surface area contributed by atoms with Crippen LogP contribution >= 0.6 is 0 Å². The molecule has 9 nitrogen and oxygen atoms in total. The van der Waals surface area contributed by atoms with Gasteiger partial charge in [0.05, 0.1) is 17.5 Å². The Morgan fingerprint density at radius 3 is 2.80 bits per heavy atom. The predicted octanol–water partition coefficient (Wildman–Crippen LogP) is 1.31. The van der Waals surface area contributed by atoms with Crippen LogP contribution in [0.25, 0.3) is 11.0 Å². The second-order valence-electron chi connectivity index (χ2n) is 7.51. The van der Waals surface area contributed by atoms with Crippen LogP contribution in [0.1, 0.15) is 30.4 Å². The lowest BCUT2D eigenvalue weighted by Crippen LogP contribution is -2.42. The molecule has 10 heteroatoms. The van der Waals surface area contributed by atoms with Crippen molar-refractivity contribution in [3.05, 3.63) is 45.8 Å². The molecule has 0 N–H and O–H groups in total. The van der Waals surface area contributed by atoms with Gasteiger partial charge in [-0.2, -0.15) is 5.10 Å². The van der Waals surface area contributed by atoms with Crippen molar-refractivity contribution in [1.29, 1.82) is 0 Å². The van der Waals surface area contributed by atoms with Crippen LogP contribution in [-0.4, -0.2) is 48.6 Å². The predicted molar refractivity (Wildman–Crippen MR) is 108 cm³/mol. The molecule has 2 aromatic rings. The number of carbonyl (C=O) groups is 2. The Morgan fingerprint density at radius 2 is 2.07 bits per heavy atom. The molecule has 0 saturated carbocycles. The highest BCUT2D eigenvalue weighted by Crippen LogP contribution is 2.23. The number of esters is 1. The average molecular weight is 432 g/mol. The quantitative estimate of drug-likeness (QED) is 0.527. The van der Waals surface area contributed by atoms with Gasteiger partial charge in [0, 0.05) is 29.9 Å². The van der Waals surface area contributed by atoms with Gasteiger partial charge in [-0.3, -0.25) is 4.79 Å². The fraction of sp³-hybridized carbons (Fsp3) is 0.400. The maximum atomic E-state index is 12.5. The van der Waals surface area contributed by atoms with Crippen molar-refractivity contribution in [3.63, 3.8) is 0 Å². The summed E-state index contributed by atoms with van der Waals surface area (Å²) in [6.07, 6.45) is 0.469. The van der Waals surface area contributed by atoms with Crippen LogP contribution in [0.15, 0.2) is 38.6 Å². The Hall–Kier alpha value is -3.01. The van der Waals surface area contributed by atoms with Crippen LogP contribution in [0.3, 0.4) is 0 Å². The lowest BCUT2D eigenvalue weighted by Gasteiger charge is -2.27. The van der Waals surface area contributed by atoms with Gasteiger partial charge in [-0.25, -0.2) is 23.0 Å². The highest BCUT2D eigenvalue weighted by Gasteiger charge is 2.37. The molecule has 0 unspecified atom stereocenters. The van der Waals surface area contributed by atoms with Crippen molar-refractivity contribution in [2.45, 2.75) is 38.8 Å². The first kappa shape index (κ1) is 20.3. The molecular weight excluding hydrogens is 412 g/mol. The van der Waals surface area contributed by atoms with Gasteiger partial charge >= 0.3 is 11.6 Å². The van der Waals surface area contributed by atoms with Gasteiger partial charge in [-0.1, -0.05) is 12.1 Å². The molecule has 2 aliphatic heterocycles. The summed E-state index contributed by atoms with van der Waals surface area (Å²) in [5.74, 6) is -1.17. The van der Waals surface area contributed by atoms with Crippen molar-refractivity contribution in [2.24, 2.45) is 5.10 Å². The zero-order chi connectivity index (χ0) is 21.5. The summed E-state index contributed by atoms with van der Waals surface area (Å²) in [5.41, 5.74) is 1.34. The zero-order valence-electron chi connectivity index (χ0n) is 16.3. The Bertz CT molecular complexity index is 1230. The fourth-order valence-corrected chi connectivity index (χ4v) is 5.35. The average Bonchev–Trinajstić information content (AvgIpc) is 3.05. The molecule has 0 aliphatic carbocycles. The van der Waals surface area contributed by atoms with Crippen molar-refractivity contribution in [2.75, 3.05) is 11.5 Å². The van der Waals surface area contributed by atoms with Gasteiger partial charge in [0.2, 0.25) is 5.91 Å². The number of hydrogen-bond acceptors (Lipinski definition) is 8. The second-order valence-corrected chi connectivity index (χ2v) is 9.74. The maximum Gasteiger partial charge on any atom is 0.354 e. The van der Waals surface area contributed by atoms with Gasteiger partial charge in [-0.05, 0) is 25.0 Å². The van der Waals surface area contributed by atoms with E-state index in [1.807, 2.05) is 13.0 Å². The molecule has 2 aliphatic rings. The van der Waals surface area contributed by atoms with E-state index in [1.165, 1.54) is 6.07 Å². The first-order valence-corrected chi connectivity index (χ1v) is 11.3. The summed E-state index contributed by atoms with van der Waals surface area (Å²) in [5, 5.41) is 5.87. The van der Waals surface area contributed by atoms with E-state index in [0.717, 1.165) is 10.6 Å². The molecule has 1 fully saturated rings. The first-order valence-electron chi connectivity index (χ1n) is 9.52. The van der Waals surface area contributed by atoms with Crippen LogP contribution < -0.4 is 5.63 Å². The van der Waals surface area contributed by atoms with Crippen LogP contribution in [0.4, 0.5) is 0 Å². The highest BCUT2D eigenvalue weighted by atomic mass is 32.2. The Kier molecular flexibility index (Phi) is 5.19. The summed E-state index contributed by atoms with van der Waals surface area (Å²) < 4.78 is 34.0. The topological polar surface area (TPSA) is 123 Å². The summed E-state index contributed by atoms with van der Waals surface area (Å²) in [6.45, 7) is 1.71. The number of ether oxygens (including phenoxy) is 1. The van der Waals surface area contributed by atoms with E-state index in [0.29, 0.717) is 23.0 Å². The highest BCUT2D eigenvalue weighted by molar-refractivity contribution is 7.91. The molecule has 1 aromatic heterocycles. The Morgan fingerprint density at radius 1 is 1.27 bits per heavy atom. The number of carbonyl (C=O) groups excluding carboxylic acids is 2. The van der Waals surface area contributed by atoms with Crippen LogP contribution in [0.5, 0.6) is 0 Å². The van der Waals surface area contributed by atoms with Crippen molar-refractivity contribution >= 4 is 38.4 Å². The van der Waals surface area contributed by atoms with E-state index in [9.17, 15) is 22.8 Å². The summed E-state index contributed by atoms with van der Waals surface area (Å²) in [4.78, 5) is 36.5. The Labute approximate surface area is 172 Å². The Balaban J connectivity index is 1.52. The third-order valence-electron chi connectivity index (χ3n) is 5.19.